The van der Waals surface area contributed by atoms with E-state index in [0.29, 0.717) is 22.6 Å². The lowest BCUT2D eigenvalue weighted by Crippen LogP contribution is -2.08. The van der Waals surface area contributed by atoms with Gasteiger partial charge in [0.2, 0.25) is 0 Å². The summed E-state index contributed by atoms with van der Waals surface area (Å²) in [5.74, 6) is -0.548. The fourth-order valence-electron chi connectivity index (χ4n) is 2.21. The molecule has 3 rings (SSSR count). The number of hydrogen-bond acceptors (Lipinski definition) is 4. The lowest BCUT2D eigenvalue weighted by atomic mass is 10.1. The predicted octanol–water partition coefficient (Wildman–Crippen LogP) is 5.15. The van der Waals surface area contributed by atoms with Crippen LogP contribution >= 0.6 is 23.0 Å². The zero-order valence-electron chi connectivity index (χ0n) is 12.8. The maximum atomic E-state index is 13.4. The first-order valence-electron chi connectivity index (χ1n) is 7.26. The molecule has 0 unspecified atom stereocenters. The highest BCUT2D eigenvalue weighted by Gasteiger charge is 2.09. The van der Waals surface area contributed by atoms with Gasteiger partial charge in [-0.05, 0) is 59.7 Å². The number of aromatic hydroxyl groups is 1. The molecule has 0 saturated carbocycles. The Kier molecular flexibility index (Phi) is 5.18. The minimum Gasteiger partial charge on any atom is -0.505 e. The fraction of sp³-hybridized carbons (Fsp3) is 0. The van der Waals surface area contributed by atoms with Gasteiger partial charge in [0, 0.05) is 0 Å². The SMILES string of the molecule is O=C(Oc1ccc(-c2ccc(O)c(F)c2)cc1)c1ccc(OI)cc1. The summed E-state index contributed by atoms with van der Waals surface area (Å²) in [6, 6.07) is 17.4. The molecule has 126 valence electrons. The molecule has 0 aromatic heterocycles. The van der Waals surface area contributed by atoms with Crippen LogP contribution in [0.1, 0.15) is 10.4 Å². The highest BCUT2D eigenvalue weighted by atomic mass is 127. The highest BCUT2D eigenvalue weighted by molar-refractivity contribution is 14.1. The van der Waals surface area contributed by atoms with Crippen LogP contribution in [0, 0.1) is 5.82 Å². The number of benzene rings is 3. The Morgan fingerprint density at radius 2 is 1.48 bits per heavy atom. The van der Waals surface area contributed by atoms with Gasteiger partial charge in [-0.2, -0.15) is 0 Å². The summed E-state index contributed by atoms with van der Waals surface area (Å²) < 4.78 is 23.8. The minimum atomic E-state index is -0.688. The predicted molar refractivity (Wildman–Crippen MR) is 99.5 cm³/mol. The van der Waals surface area contributed by atoms with Crippen LogP contribution in [-0.4, -0.2) is 11.1 Å². The second-order valence-electron chi connectivity index (χ2n) is 5.18. The van der Waals surface area contributed by atoms with Gasteiger partial charge < -0.3 is 12.9 Å². The molecule has 0 fully saturated rings. The second-order valence-corrected chi connectivity index (χ2v) is 5.62. The van der Waals surface area contributed by atoms with Gasteiger partial charge in [-0.1, -0.05) is 18.2 Å². The van der Waals surface area contributed by atoms with Gasteiger partial charge in [-0.25, -0.2) is 9.18 Å². The number of carbonyl (C=O) groups is 1. The number of phenolic OH excluding ortho intramolecular Hbond substituents is 1. The van der Waals surface area contributed by atoms with Crippen LogP contribution in [-0.2, 0) is 0 Å². The van der Waals surface area contributed by atoms with Crippen molar-refractivity contribution in [3.05, 3.63) is 78.1 Å². The lowest BCUT2D eigenvalue weighted by molar-refractivity contribution is 0.0735. The third-order valence-corrected chi connectivity index (χ3v) is 4.03. The molecule has 25 heavy (non-hydrogen) atoms. The van der Waals surface area contributed by atoms with E-state index in [0.717, 1.165) is 5.56 Å². The molecule has 6 heteroatoms. The zero-order valence-corrected chi connectivity index (χ0v) is 14.9. The van der Waals surface area contributed by atoms with Crippen molar-refractivity contribution in [2.45, 2.75) is 0 Å². The number of ether oxygens (including phenoxy) is 1. The number of esters is 1. The van der Waals surface area contributed by atoms with Crippen LogP contribution in [0.5, 0.6) is 17.2 Å². The number of hydrogen-bond donors (Lipinski definition) is 1. The van der Waals surface area contributed by atoms with Crippen LogP contribution in [0.4, 0.5) is 4.39 Å². The summed E-state index contributed by atoms with van der Waals surface area (Å²) >= 11 is 1.76. The van der Waals surface area contributed by atoms with Crippen LogP contribution < -0.4 is 7.80 Å². The van der Waals surface area contributed by atoms with Gasteiger partial charge >= 0.3 is 5.97 Å². The summed E-state index contributed by atoms with van der Waals surface area (Å²) in [5.41, 5.74) is 1.76. The second kappa shape index (κ2) is 7.52. The molecule has 0 amide bonds. The molecule has 1 N–H and O–H groups in total. The molecule has 0 aliphatic rings. The summed E-state index contributed by atoms with van der Waals surface area (Å²) in [5, 5.41) is 9.23. The Hall–Kier alpha value is -2.61. The van der Waals surface area contributed by atoms with E-state index >= 15 is 0 Å². The van der Waals surface area contributed by atoms with Crippen molar-refractivity contribution in [3.8, 4) is 28.4 Å². The molecule has 0 atom stereocenters. The Morgan fingerprint density at radius 1 is 0.880 bits per heavy atom. The topological polar surface area (TPSA) is 55.8 Å². The smallest absolute Gasteiger partial charge is 0.343 e. The molecule has 3 aromatic rings. The number of phenols is 1. The van der Waals surface area contributed by atoms with Crippen LogP contribution in [0.25, 0.3) is 11.1 Å². The van der Waals surface area contributed by atoms with Crippen molar-refractivity contribution in [2.24, 2.45) is 0 Å². The monoisotopic (exact) mass is 450 g/mol. The summed E-state index contributed by atoms with van der Waals surface area (Å²) in [4.78, 5) is 12.1. The average Bonchev–Trinajstić information content (AvgIpc) is 2.64. The summed E-state index contributed by atoms with van der Waals surface area (Å²) in [6.45, 7) is 0. The maximum absolute atomic E-state index is 13.4. The Morgan fingerprint density at radius 3 is 2.08 bits per heavy atom. The van der Waals surface area contributed by atoms with Crippen molar-refractivity contribution in [3.63, 3.8) is 0 Å². The van der Waals surface area contributed by atoms with Gasteiger partial charge in [-0.3, -0.25) is 0 Å². The first-order chi connectivity index (χ1) is 12.1. The Bertz CT molecular complexity index is 892. The van der Waals surface area contributed by atoms with E-state index in [9.17, 15) is 14.3 Å². The maximum Gasteiger partial charge on any atom is 0.343 e. The van der Waals surface area contributed by atoms with Gasteiger partial charge in [0.1, 0.15) is 11.5 Å². The van der Waals surface area contributed by atoms with E-state index in [1.807, 2.05) is 0 Å². The Balaban J connectivity index is 1.73. The van der Waals surface area contributed by atoms with Gasteiger partial charge in [0.05, 0.1) is 5.56 Å². The van der Waals surface area contributed by atoms with Crippen molar-refractivity contribution in [2.75, 3.05) is 0 Å². The van der Waals surface area contributed by atoms with E-state index in [-0.39, 0.29) is 0 Å². The third kappa shape index (κ3) is 4.08. The summed E-state index contributed by atoms with van der Waals surface area (Å²) in [7, 11) is 0. The van der Waals surface area contributed by atoms with Crippen molar-refractivity contribution < 1.29 is 22.1 Å². The standard InChI is InChI=1S/C19H12FIO4/c20-17-11-14(5-10-18(17)22)12-1-6-15(7-2-12)24-19(23)13-3-8-16(25-21)9-4-13/h1-11,22H. The molecular formula is C19H12FIO4. The first kappa shape index (κ1) is 17.2. The Labute approximate surface area is 157 Å². The van der Waals surface area contributed by atoms with Crippen LogP contribution in [0.15, 0.2) is 66.7 Å². The molecule has 0 aliphatic heterocycles. The highest BCUT2D eigenvalue weighted by Crippen LogP contribution is 2.26. The fourth-order valence-corrected chi connectivity index (χ4v) is 2.50. The molecule has 0 aliphatic carbocycles. The summed E-state index contributed by atoms with van der Waals surface area (Å²) in [6.07, 6.45) is 0. The zero-order chi connectivity index (χ0) is 17.8. The van der Waals surface area contributed by atoms with Crippen LogP contribution in [0.2, 0.25) is 0 Å². The molecule has 0 bridgehead atoms. The molecule has 0 radical (unpaired) electrons. The van der Waals surface area contributed by atoms with Crippen LogP contribution in [0.3, 0.4) is 0 Å². The van der Waals surface area contributed by atoms with E-state index in [2.05, 4.69) is 0 Å². The molecular weight excluding hydrogens is 438 g/mol. The number of carbonyl (C=O) groups excluding carboxylic acids is 1. The molecule has 3 aromatic carbocycles. The first-order valence-corrected chi connectivity index (χ1v) is 8.14. The normalized spacial score (nSPS) is 10.3. The number of rotatable bonds is 4. The van der Waals surface area contributed by atoms with Gasteiger partial charge in [0.15, 0.2) is 34.6 Å². The van der Waals surface area contributed by atoms with Crippen molar-refractivity contribution in [1.82, 2.24) is 0 Å². The molecule has 0 saturated heterocycles. The van der Waals surface area contributed by atoms with Crippen molar-refractivity contribution in [1.29, 1.82) is 0 Å². The molecule has 0 spiro atoms. The van der Waals surface area contributed by atoms with Gasteiger partial charge in [-0.15, -0.1) is 0 Å². The molecule has 0 heterocycles. The van der Waals surface area contributed by atoms with E-state index < -0.39 is 17.5 Å². The van der Waals surface area contributed by atoms with E-state index in [4.69, 9.17) is 7.80 Å². The van der Waals surface area contributed by atoms with Gasteiger partial charge in [0.25, 0.3) is 0 Å². The largest absolute Gasteiger partial charge is 0.505 e. The quantitative estimate of drug-likeness (QED) is 0.340. The number of halogens is 2. The van der Waals surface area contributed by atoms with E-state index in [1.54, 1.807) is 77.6 Å². The van der Waals surface area contributed by atoms with E-state index in [1.165, 1.54) is 12.1 Å². The lowest BCUT2D eigenvalue weighted by Gasteiger charge is -2.07. The third-order valence-electron chi connectivity index (χ3n) is 3.52. The molecule has 4 nitrogen and oxygen atoms in total. The van der Waals surface area contributed by atoms with Crippen molar-refractivity contribution >= 4 is 29.0 Å². The minimum absolute atomic E-state index is 0.377. The average molecular weight is 450 g/mol.